The summed E-state index contributed by atoms with van der Waals surface area (Å²) < 4.78 is 5.39. The number of ether oxygens (including phenoxy) is 1. The smallest absolute Gasteiger partial charge is 0.136 e. The van der Waals surface area contributed by atoms with Crippen LogP contribution < -0.4 is 9.64 Å². The van der Waals surface area contributed by atoms with Crippen LogP contribution in [0.15, 0.2) is 30.5 Å². The molecule has 0 saturated heterocycles. The lowest BCUT2D eigenvalue weighted by molar-refractivity contribution is 0.301. The summed E-state index contributed by atoms with van der Waals surface area (Å²) in [5.74, 6) is 1.76. The molecule has 19 heavy (non-hydrogen) atoms. The minimum absolute atomic E-state index is 0.127. The van der Waals surface area contributed by atoms with Gasteiger partial charge in [0.2, 0.25) is 0 Å². The Bertz CT molecular complexity index is 537. The first kappa shape index (κ1) is 13.6. The zero-order chi connectivity index (χ0) is 13.7. The fourth-order valence-electron chi connectivity index (χ4n) is 2.31. The molecule has 4 heteroatoms. The van der Waals surface area contributed by atoms with E-state index >= 15 is 0 Å². The Kier molecular flexibility index (Phi) is 4.58. The molecule has 2 aromatic rings. The third kappa shape index (κ3) is 2.79. The van der Waals surface area contributed by atoms with Crippen molar-refractivity contribution in [3.05, 3.63) is 30.5 Å². The van der Waals surface area contributed by atoms with Crippen LogP contribution in [0.2, 0.25) is 0 Å². The van der Waals surface area contributed by atoms with Crippen LogP contribution in [0.1, 0.15) is 13.3 Å². The van der Waals surface area contributed by atoms with Crippen LogP contribution in [0.5, 0.6) is 5.75 Å². The van der Waals surface area contributed by atoms with E-state index in [1.165, 1.54) is 0 Å². The van der Waals surface area contributed by atoms with Gasteiger partial charge in [0.05, 0.1) is 13.7 Å². The topological polar surface area (TPSA) is 45.6 Å². The van der Waals surface area contributed by atoms with Crippen LogP contribution in [-0.2, 0) is 0 Å². The summed E-state index contributed by atoms with van der Waals surface area (Å²) in [6, 6.07) is 7.92. The molecule has 1 aromatic heterocycles. The van der Waals surface area contributed by atoms with Crippen LogP contribution in [-0.4, -0.2) is 36.9 Å². The maximum absolute atomic E-state index is 9.20. The largest absolute Gasteiger partial charge is 0.496 e. The molecule has 0 aliphatic rings. The summed E-state index contributed by atoms with van der Waals surface area (Å²) in [7, 11) is 1.67. The highest BCUT2D eigenvalue weighted by Crippen LogP contribution is 2.30. The number of anilines is 1. The summed E-state index contributed by atoms with van der Waals surface area (Å²) in [6.07, 6.45) is 2.81. The molecule has 0 fully saturated rings. The van der Waals surface area contributed by atoms with E-state index in [1.54, 1.807) is 13.3 Å². The Labute approximate surface area is 113 Å². The number of hydrogen-bond acceptors (Lipinski definition) is 4. The molecule has 0 unspecified atom stereocenters. The van der Waals surface area contributed by atoms with Gasteiger partial charge < -0.3 is 14.7 Å². The van der Waals surface area contributed by atoms with E-state index in [-0.39, 0.29) is 6.61 Å². The van der Waals surface area contributed by atoms with Crippen LogP contribution in [0, 0.1) is 0 Å². The quantitative estimate of drug-likeness (QED) is 0.866. The number of rotatable bonds is 6. The maximum atomic E-state index is 9.20. The standard InChI is InChI=1S/C15H20N2O2/c1-3-9-17(10-11-18)15-13-5-4-6-14(19-2)12(13)7-8-16-15/h4-8,18H,3,9-11H2,1-2H3. The van der Waals surface area contributed by atoms with E-state index in [0.29, 0.717) is 6.54 Å². The molecule has 102 valence electrons. The Hall–Kier alpha value is -1.81. The summed E-state index contributed by atoms with van der Waals surface area (Å²) in [6.45, 7) is 3.72. The first-order chi connectivity index (χ1) is 9.31. The van der Waals surface area contributed by atoms with Gasteiger partial charge in [-0.25, -0.2) is 4.98 Å². The van der Waals surface area contributed by atoms with Crippen molar-refractivity contribution in [2.75, 3.05) is 31.7 Å². The second kappa shape index (κ2) is 6.38. The van der Waals surface area contributed by atoms with Gasteiger partial charge in [-0.2, -0.15) is 0 Å². The maximum Gasteiger partial charge on any atom is 0.136 e. The molecule has 4 nitrogen and oxygen atoms in total. The summed E-state index contributed by atoms with van der Waals surface area (Å²) in [5, 5.41) is 11.3. The molecule has 1 N–H and O–H groups in total. The number of nitrogens with zero attached hydrogens (tertiary/aromatic N) is 2. The number of benzene rings is 1. The Morgan fingerprint density at radius 2 is 2.05 bits per heavy atom. The third-order valence-corrected chi connectivity index (χ3v) is 3.13. The summed E-state index contributed by atoms with van der Waals surface area (Å²) >= 11 is 0. The predicted molar refractivity (Wildman–Crippen MR) is 77.9 cm³/mol. The van der Waals surface area contributed by atoms with E-state index in [4.69, 9.17) is 4.74 Å². The molecular weight excluding hydrogens is 240 g/mol. The van der Waals surface area contributed by atoms with Crippen molar-refractivity contribution in [3.8, 4) is 5.75 Å². The number of methoxy groups -OCH3 is 1. The minimum atomic E-state index is 0.127. The van der Waals surface area contributed by atoms with Gasteiger partial charge >= 0.3 is 0 Å². The Morgan fingerprint density at radius 3 is 2.74 bits per heavy atom. The van der Waals surface area contributed by atoms with Gasteiger partial charge in [0.1, 0.15) is 11.6 Å². The molecule has 0 saturated carbocycles. The number of fused-ring (bicyclic) bond motifs is 1. The number of hydrogen-bond donors (Lipinski definition) is 1. The van der Waals surface area contributed by atoms with Crippen LogP contribution >= 0.6 is 0 Å². The predicted octanol–water partition coefficient (Wildman–Crippen LogP) is 2.45. The van der Waals surface area contributed by atoms with Crippen molar-refractivity contribution in [3.63, 3.8) is 0 Å². The minimum Gasteiger partial charge on any atom is -0.496 e. The van der Waals surface area contributed by atoms with Crippen molar-refractivity contribution in [2.24, 2.45) is 0 Å². The lowest BCUT2D eigenvalue weighted by Crippen LogP contribution is -2.28. The van der Waals surface area contributed by atoms with E-state index in [9.17, 15) is 5.11 Å². The molecule has 2 rings (SSSR count). The fraction of sp³-hybridized carbons (Fsp3) is 0.400. The third-order valence-electron chi connectivity index (χ3n) is 3.13. The second-order valence-corrected chi connectivity index (χ2v) is 4.40. The normalized spacial score (nSPS) is 10.7. The summed E-state index contributed by atoms with van der Waals surface area (Å²) in [5.41, 5.74) is 0. The number of aliphatic hydroxyl groups excluding tert-OH is 1. The van der Waals surface area contributed by atoms with Crippen molar-refractivity contribution < 1.29 is 9.84 Å². The van der Waals surface area contributed by atoms with Gasteiger partial charge in [0.25, 0.3) is 0 Å². The second-order valence-electron chi connectivity index (χ2n) is 4.40. The average Bonchev–Trinajstić information content (AvgIpc) is 2.46. The molecule has 1 aromatic carbocycles. The van der Waals surface area contributed by atoms with E-state index in [2.05, 4.69) is 16.8 Å². The summed E-state index contributed by atoms with van der Waals surface area (Å²) in [4.78, 5) is 6.59. The van der Waals surface area contributed by atoms with Crippen molar-refractivity contribution in [1.82, 2.24) is 4.98 Å². The molecule has 0 atom stereocenters. The average molecular weight is 260 g/mol. The van der Waals surface area contributed by atoms with Gasteiger partial charge in [0.15, 0.2) is 0 Å². The van der Waals surface area contributed by atoms with Crippen LogP contribution in [0.25, 0.3) is 10.8 Å². The molecule has 0 aliphatic carbocycles. The van der Waals surface area contributed by atoms with Gasteiger partial charge in [-0.05, 0) is 18.6 Å². The van der Waals surface area contributed by atoms with Gasteiger partial charge in [-0.3, -0.25) is 0 Å². The van der Waals surface area contributed by atoms with E-state index in [0.717, 1.165) is 35.3 Å². The molecule has 0 bridgehead atoms. The SMILES string of the molecule is CCCN(CCO)c1nccc2c(OC)cccc12. The van der Waals surface area contributed by atoms with Crippen molar-refractivity contribution in [1.29, 1.82) is 0 Å². The monoisotopic (exact) mass is 260 g/mol. The van der Waals surface area contributed by atoms with Crippen LogP contribution in [0.4, 0.5) is 5.82 Å². The lowest BCUT2D eigenvalue weighted by Gasteiger charge is -2.23. The molecule has 0 amide bonds. The highest BCUT2D eigenvalue weighted by Gasteiger charge is 2.12. The fourth-order valence-corrected chi connectivity index (χ4v) is 2.31. The Balaban J connectivity index is 2.53. The molecule has 0 radical (unpaired) electrons. The zero-order valence-electron chi connectivity index (χ0n) is 11.5. The van der Waals surface area contributed by atoms with Gasteiger partial charge in [-0.15, -0.1) is 0 Å². The van der Waals surface area contributed by atoms with E-state index in [1.807, 2.05) is 24.3 Å². The first-order valence-corrected chi connectivity index (χ1v) is 6.59. The highest BCUT2D eigenvalue weighted by molar-refractivity contribution is 5.96. The molecule has 0 aliphatic heterocycles. The molecular formula is C15H20N2O2. The molecule has 0 spiro atoms. The Morgan fingerprint density at radius 1 is 1.21 bits per heavy atom. The zero-order valence-corrected chi connectivity index (χ0v) is 11.5. The van der Waals surface area contributed by atoms with Crippen LogP contribution in [0.3, 0.4) is 0 Å². The van der Waals surface area contributed by atoms with Gasteiger partial charge in [0, 0.05) is 30.1 Å². The van der Waals surface area contributed by atoms with E-state index < -0.39 is 0 Å². The van der Waals surface area contributed by atoms with Crippen molar-refractivity contribution >= 4 is 16.6 Å². The number of aromatic nitrogens is 1. The highest BCUT2D eigenvalue weighted by atomic mass is 16.5. The lowest BCUT2D eigenvalue weighted by atomic mass is 10.1. The molecule has 1 heterocycles. The van der Waals surface area contributed by atoms with Gasteiger partial charge in [-0.1, -0.05) is 19.1 Å². The number of aliphatic hydroxyl groups is 1. The number of pyridine rings is 1. The van der Waals surface area contributed by atoms with Crippen molar-refractivity contribution in [2.45, 2.75) is 13.3 Å². The first-order valence-electron chi connectivity index (χ1n) is 6.59.